The van der Waals surface area contributed by atoms with Gasteiger partial charge in [-0.3, -0.25) is 4.79 Å². The predicted molar refractivity (Wildman–Crippen MR) is 59.3 cm³/mol. The van der Waals surface area contributed by atoms with Crippen molar-refractivity contribution in [3.63, 3.8) is 0 Å². The molecule has 16 heavy (non-hydrogen) atoms. The van der Waals surface area contributed by atoms with Crippen LogP contribution in [0.4, 0.5) is 0 Å². The maximum Gasteiger partial charge on any atom is 0.277 e. The van der Waals surface area contributed by atoms with Gasteiger partial charge in [-0.1, -0.05) is 13.3 Å². The second kappa shape index (κ2) is 3.81. The SMILES string of the molecule is CCCc1c(C)[nH]c2c(C#N)cnn2c1=O. The summed E-state index contributed by atoms with van der Waals surface area (Å²) in [5.74, 6) is 0. The van der Waals surface area contributed by atoms with E-state index in [1.807, 2.05) is 19.9 Å². The normalized spacial score (nSPS) is 10.6. The number of aryl methyl sites for hydroxylation is 1. The highest BCUT2D eigenvalue weighted by Crippen LogP contribution is 2.08. The van der Waals surface area contributed by atoms with Gasteiger partial charge in [-0.15, -0.1) is 0 Å². The minimum atomic E-state index is -0.130. The van der Waals surface area contributed by atoms with Crippen LogP contribution in [-0.2, 0) is 6.42 Å². The van der Waals surface area contributed by atoms with E-state index in [0.29, 0.717) is 11.2 Å². The van der Waals surface area contributed by atoms with Crippen LogP contribution in [0.3, 0.4) is 0 Å². The Bertz CT molecular complexity index is 630. The Morgan fingerprint density at radius 1 is 1.62 bits per heavy atom. The average molecular weight is 216 g/mol. The summed E-state index contributed by atoms with van der Waals surface area (Å²) in [6.07, 6.45) is 3.03. The van der Waals surface area contributed by atoms with Crippen LogP contribution in [0.5, 0.6) is 0 Å². The lowest BCUT2D eigenvalue weighted by molar-refractivity contribution is 0.818. The lowest BCUT2D eigenvalue weighted by Crippen LogP contribution is -2.21. The Labute approximate surface area is 92.3 Å². The number of rotatable bonds is 2. The van der Waals surface area contributed by atoms with E-state index in [4.69, 9.17) is 5.26 Å². The van der Waals surface area contributed by atoms with Crippen LogP contribution in [0, 0.1) is 18.3 Å². The van der Waals surface area contributed by atoms with Crippen molar-refractivity contribution in [2.24, 2.45) is 0 Å². The van der Waals surface area contributed by atoms with E-state index in [2.05, 4.69) is 10.1 Å². The lowest BCUT2D eigenvalue weighted by atomic mass is 10.1. The van der Waals surface area contributed by atoms with Crippen molar-refractivity contribution in [2.75, 3.05) is 0 Å². The molecule has 82 valence electrons. The summed E-state index contributed by atoms with van der Waals surface area (Å²) in [5.41, 5.74) is 2.29. The molecule has 2 rings (SSSR count). The van der Waals surface area contributed by atoms with Gasteiger partial charge in [-0.25, -0.2) is 0 Å². The number of aromatic nitrogens is 3. The van der Waals surface area contributed by atoms with E-state index in [1.54, 1.807) is 0 Å². The van der Waals surface area contributed by atoms with Gasteiger partial charge in [0.15, 0.2) is 5.65 Å². The molecule has 2 aromatic heterocycles. The van der Waals surface area contributed by atoms with Crippen LogP contribution in [0.25, 0.3) is 5.65 Å². The van der Waals surface area contributed by atoms with Crippen LogP contribution in [0.1, 0.15) is 30.2 Å². The Morgan fingerprint density at radius 3 is 3.00 bits per heavy atom. The van der Waals surface area contributed by atoms with Crippen molar-refractivity contribution in [3.8, 4) is 6.07 Å². The van der Waals surface area contributed by atoms with Gasteiger partial charge in [0.1, 0.15) is 11.6 Å². The molecule has 2 aromatic rings. The zero-order chi connectivity index (χ0) is 11.7. The molecule has 0 amide bonds. The molecule has 0 aliphatic heterocycles. The molecule has 0 spiro atoms. The molecule has 0 atom stereocenters. The highest BCUT2D eigenvalue weighted by Gasteiger charge is 2.12. The van der Waals surface area contributed by atoms with E-state index in [1.165, 1.54) is 10.7 Å². The van der Waals surface area contributed by atoms with E-state index in [-0.39, 0.29) is 5.56 Å². The van der Waals surface area contributed by atoms with Crippen LogP contribution < -0.4 is 5.56 Å². The molecule has 0 aromatic carbocycles. The van der Waals surface area contributed by atoms with Gasteiger partial charge in [0, 0.05) is 11.3 Å². The third kappa shape index (κ3) is 1.39. The maximum atomic E-state index is 12.0. The first-order chi connectivity index (χ1) is 7.69. The molecule has 0 saturated heterocycles. The summed E-state index contributed by atoms with van der Waals surface area (Å²) in [7, 11) is 0. The molecule has 0 fully saturated rings. The van der Waals surface area contributed by atoms with Gasteiger partial charge in [0.25, 0.3) is 5.56 Å². The van der Waals surface area contributed by atoms with E-state index < -0.39 is 0 Å². The Kier molecular flexibility index (Phi) is 2.49. The molecule has 0 bridgehead atoms. The fraction of sp³-hybridized carbons (Fsp3) is 0.364. The van der Waals surface area contributed by atoms with Crippen molar-refractivity contribution >= 4 is 5.65 Å². The lowest BCUT2D eigenvalue weighted by Gasteiger charge is -2.04. The molecular weight excluding hydrogens is 204 g/mol. The number of nitrogens with one attached hydrogen (secondary N) is 1. The maximum absolute atomic E-state index is 12.0. The van der Waals surface area contributed by atoms with Gasteiger partial charge in [0.2, 0.25) is 0 Å². The summed E-state index contributed by atoms with van der Waals surface area (Å²) >= 11 is 0. The van der Waals surface area contributed by atoms with Crippen LogP contribution in [-0.4, -0.2) is 14.6 Å². The first-order valence-corrected chi connectivity index (χ1v) is 5.18. The second-order valence-electron chi connectivity index (χ2n) is 3.71. The minimum absolute atomic E-state index is 0.130. The molecule has 1 N–H and O–H groups in total. The molecule has 2 heterocycles. The molecule has 0 radical (unpaired) electrons. The van der Waals surface area contributed by atoms with Gasteiger partial charge in [-0.05, 0) is 13.3 Å². The Morgan fingerprint density at radius 2 is 2.38 bits per heavy atom. The molecule has 0 aliphatic rings. The number of fused-ring (bicyclic) bond motifs is 1. The van der Waals surface area contributed by atoms with Crippen molar-refractivity contribution < 1.29 is 0 Å². The zero-order valence-electron chi connectivity index (χ0n) is 9.24. The molecular formula is C11H12N4O. The van der Waals surface area contributed by atoms with Crippen LogP contribution >= 0.6 is 0 Å². The number of nitriles is 1. The fourth-order valence-electron chi connectivity index (χ4n) is 1.79. The van der Waals surface area contributed by atoms with E-state index >= 15 is 0 Å². The predicted octanol–water partition coefficient (Wildman–Crippen LogP) is 1.16. The number of H-pyrrole nitrogens is 1. The van der Waals surface area contributed by atoms with Gasteiger partial charge >= 0.3 is 0 Å². The monoisotopic (exact) mass is 216 g/mol. The van der Waals surface area contributed by atoms with Gasteiger partial charge in [-0.2, -0.15) is 14.9 Å². The summed E-state index contributed by atoms with van der Waals surface area (Å²) in [6, 6.07) is 2.00. The van der Waals surface area contributed by atoms with Crippen molar-refractivity contribution in [1.29, 1.82) is 5.26 Å². The van der Waals surface area contributed by atoms with Crippen molar-refractivity contribution in [1.82, 2.24) is 14.6 Å². The quantitative estimate of drug-likeness (QED) is 0.818. The van der Waals surface area contributed by atoms with Crippen LogP contribution in [0.2, 0.25) is 0 Å². The summed E-state index contributed by atoms with van der Waals surface area (Å²) in [6.45, 7) is 3.87. The minimum Gasteiger partial charge on any atom is -0.342 e. The summed E-state index contributed by atoms with van der Waals surface area (Å²) < 4.78 is 1.26. The smallest absolute Gasteiger partial charge is 0.277 e. The molecule has 0 unspecified atom stereocenters. The van der Waals surface area contributed by atoms with E-state index in [0.717, 1.165) is 24.1 Å². The number of hydrogen-bond acceptors (Lipinski definition) is 3. The third-order valence-corrected chi connectivity index (χ3v) is 2.60. The summed E-state index contributed by atoms with van der Waals surface area (Å²) in [5, 5.41) is 12.8. The van der Waals surface area contributed by atoms with Gasteiger partial charge in [0.05, 0.1) is 6.20 Å². The Balaban J connectivity index is 2.81. The zero-order valence-corrected chi connectivity index (χ0v) is 9.24. The number of hydrogen-bond donors (Lipinski definition) is 1. The molecule has 0 aliphatic carbocycles. The highest BCUT2D eigenvalue weighted by molar-refractivity contribution is 5.54. The van der Waals surface area contributed by atoms with Crippen LogP contribution in [0.15, 0.2) is 11.0 Å². The first-order valence-electron chi connectivity index (χ1n) is 5.18. The van der Waals surface area contributed by atoms with Crippen molar-refractivity contribution in [3.05, 3.63) is 33.4 Å². The average Bonchev–Trinajstić information content (AvgIpc) is 2.67. The largest absolute Gasteiger partial charge is 0.342 e. The highest BCUT2D eigenvalue weighted by atomic mass is 16.1. The second-order valence-corrected chi connectivity index (χ2v) is 3.71. The molecule has 5 heteroatoms. The van der Waals surface area contributed by atoms with Crippen molar-refractivity contribution in [2.45, 2.75) is 26.7 Å². The summed E-state index contributed by atoms with van der Waals surface area (Å²) in [4.78, 5) is 15.1. The molecule has 0 saturated carbocycles. The first kappa shape index (κ1) is 10.4. The van der Waals surface area contributed by atoms with Gasteiger partial charge < -0.3 is 4.98 Å². The topological polar surface area (TPSA) is 73.9 Å². The Hall–Kier alpha value is -2.09. The van der Waals surface area contributed by atoms with E-state index in [9.17, 15) is 4.79 Å². The third-order valence-electron chi connectivity index (χ3n) is 2.60. The molecule has 5 nitrogen and oxygen atoms in total. The number of nitrogens with zero attached hydrogens (tertiary/aromatic N) is 3. The number of aromatic amines is 1. The fourth-order valence-corrected chi connectivity index (χ4v) is 1.79. The standard InChI is InChI=1S/C11H12N4O/c1-3-4-9-7(2)14-10-8(5-12)6-13-15(10)11(9)16/h6,14H,3-4H2,1-2H3.